The van der Waals surface area contributed by atoms with Crippen LogP contribution in [0.2, 0.25) is 0 Å². The Morgan fingerprint density at radius 3 is 2.59 bits per heavy atom. The van der Waals surface area contributed by atoms with Crippen molar-refractivity contribution < 1.29 is 9.31 Å². The lowest BCUT2D eigenvalue weighted by atomic mass is 10.1. The van der Waals surface area contributed by atoms with E-state index in [1.54, 1.807) is 0 Å². The molecule has 0 aliphatic carbocycles. The molecule has 0 aromatic heterocycles. The second-order valence-corrected chi connectivity index (χ2v) is 4.85. The summed E-state index contributed by atoms with van der Waals surface area (Å²) < 4.78 is 8.20. The second kappa shape index (κ2) is 6.43. The lowest BCUT2D eigenvalue weighted by molar-refractivity contribution is -0.534. The molecule has 0 saturated carbocycles. The van der Waals surface area contributed by atoms with Crippen LogP contribution in [0.25, 0.3) is 0 Å². The van der Waals surface area contributed by atoms with E-state index in [4.69, 9.17) is 4.74 Å². The molecule has 2 rings (SSSR count). The van der Waals surface area contributed by atoms with Gasteiger partial charge in [-0.1, -0.05) is 18.2 Å². The number of ether oxygens (including phenoxy) is 1. The van der Waals surface area contributed by atoms with Gasteiger partial charge in [0.25, 0.3) is 0 Å². The first-order valence-electron chi connectivity index (χ1n) is 6.61. The molecule has 0 amide bonds. The molecular weight excluding hydrogens is 210 g/mol. The summed E-state index contributed by atoms with van der Waals surface area (Å²) in [5, 5.41) is 0. The lowest BCUT2D eigenvalue weighted by Crippen LogP contribution is -2.25. The fraction of sp³-hybridized carbons (Fsp3) is 0.533. The highest BCUT2D eigenvalue weighted by Crippen LogP contribution is 2.10. The molecule has 1 aromatic rings. The molecule has 2 nitrogen and oxygen atoms in total. The van der Waals surface area contributed by atoms with E-state index in [0.717, 1.165) is 12.4 Å². The number of benzene rings is 1. The van der Waals surface area contributed by atoms with Crippen LogP contribution in [-0.2, 0) is 0 Å². The molecule has 0 N–H and O–H groups in total. The Bertz CT molecular complexity index is 350. The van der Waals surface area contributed by atoms with E-state index in [2.05, 4.69) is 17.7 Å². The van der Waals surface area contributed by atoms with Gasteiger partial charge in [-0.2, -0.15) is 0 Å². The maximum absolute atomic E-state index is 5.75. The predicted molar refractivity (Wildman–Crippen MR) is 71.0 cm³/mol. The molecule has 1 unspecified atom stereocenters. The molecule has 1 saturated heterocycles. The highest BCUT2D eigenvalue weighted by atomic mass is 16.5. The Morgan fingerprint density at radius 2 is 1.88 bits per heavy atom. The Labute approximate surface area is 104 Å². The van der Waals surface area contributed by atoms with Crippen LogP contribution in [0.5, 0.6) is 5.75 Å². The molecular formula is C15H22NO+. The summed E-state index contributed by atoms with van der Waals surface area (Å²) >= 11 is 0. The van der Waals surface area contributed by atoms with Crippen molar-refractivity contribution in [1.82, 2.24) is 0 Å². The molecule has 1 fully saturated rings. The third-order valence-corrected chi connectivity index (χ3v) is 3.11. The standard InChI is InChI=1S/C15H22NO/c1-14(12-16-10-6-3-7-11-16)13-17-15-8-4-2-5-9-15/h2,4-5,8-9,12,14H,3,6-7,10-11,13H2,1H3/q+1. The van der Waals surface area contributed by atoms with Crippen LogP contribution in [0.4, 0.5) is 0 Å². The summed E-state index contributed by atoms with van der Waals surface area (Å²) in [7, 11) is 0. The van der Waals surface area contributed by atoms with Crippen molar-refractivity contribution >= 4 is 6.21 Å². The monoisotopic (exact) mass is 232 g/mol. The summed E-state index contributed by atoms with van der Waals surface area (Å²) in [5.74, 6) is 1.44. The predicted octanol–water partition coefficient (Wildman–Crippen LogP) is 2.97. The zero-order valence-corrected chi connectivity index (χ0v) is 10.6. The number of rotatable bonds is 4. The molecule has 1 aliphatic heterocycles. The SMILES string of the molecule is CC(C=[N+]1CCCCC1)COc1ccccc1. The lowest BCUT2D eigenvalue weighted by Gasteiger charge is -2.12. The van der Waals surface area contributed by atoms with Gasteiger partial charge in [-0.15, -0.1) is 0 Å². The Balaban J connectivity index is 1.79. The van der Waals surface area contributed by atoms with Crippen LogP contribution in [0.3, 0.4) is 0 Å². The van der Waals surface area contributed by atoms with Crippen LogP contribution in [0.1, 0.15) is 26.2 Å². The van der Waals surface area contributed by atoms with E-state index in [0.29, 0.717) is 5.92 Å². The molecule has 1 aliphatic rings. The van der Waals surface area contributed by atoms with Gasteiger partial charge in [-0.3, -0.25) is 0 Å². The quantitative estimate of drug-likeness (QED) is 0.727. The van der Waals surface area contributed by atoms with Gasteiger partial charge in [0.05, 0.1) is 12.5 Å². The van der Waals surface area contributed by atoms with Gasteiger partial charge >= 0.3 is 0 Å². The minimum Gasteiger partial charge on any atom is -0.493 e. The minimum absolute atomic E-state index is 0.480. The van der Waals surface area contributed by atoms with Crippen LogP contribution < -0.4 is 4.74 Å². The average Bonchev–Trinajstić information content (AvgIpc) is 2.39. The van der Waals surface area contributed by atoms with Gasteiger partial charge in [0.15, 0.2) is 0 Å². The van der Waals surface area contributed by atoms with E-state index in [-0.39, 0.29) is 0 Å². The topological polar surface area (TPSA) is 12.2 Å². The number of nitrogens with zero attached hydrogens (tertiary/aromatic N) is 1. The van der Waals surface area contributed by atoms with Crippen LogP contribution in [0, 0.1) is 5.92 Å². The normalized spacial score (nSPS) is 17.6. The zero-order valence-electron chi connectivity index (χ0n) is 10.6. The molecule has 17 heavy (non-hydrogen) atoms. The third kappa shape index (κ3) is 4.22. The van der Waals surface area contributed by atoms with Crippen LogP contribution >= 0.6 is 0 Å². The second-order valence-electron chi connectivity index (χ2n) is 4.85. The van der Waals surface area contributed by atoms with Gasteiger partial charge in [-0.05, 0) is 25.5 Å². The van der Waals surface area contributed by atoms with Crippen LogP contribution in [0.15, 0.2) is 30.3 Å². The van der Waals surface area contributed by atoms with Crippen molar-refractivity contribution in [3.05, 3.63) is 30.3 Å². The van der Waals surface area contributed by atoms with Crippen molar-refractivity contribution in [2.45, 2.75) is 26.2 Å². The largest absolute Gasteiger partial charge is 0.493 e. The van der Waals surface area contributed by atoms with E-state index in [9.17, 15) is 0 Å². The molecule has 2 heteroatoms. The molecule has 1 aromatic carbocycles. The van der Waals surface area contributed by atoms with E-state index < -0.39 is 0 Å². The summed E-state index contributed by atoms with van der Waals surface area (Å²) in [6.45, 7) is 5.42. The number of hydrogen-bond acceptors (Lipinski definition) is 1. The van der Waals surface area contributed by atoms with E-state index >= 15 is 0 Å². The molecule has 0 spiro atoms. The first kappa shape index (κ1) is 12.2. The minimum atomic E-state index is 0.480. The van der Waals surface area contributed by atoms with Gasteiger partial charge in [0, 0.05) is 12.8 Å². The Kier molecular flexibility index (Phi) is 4.60. The van der Waals surface area contributed by atoms with Crippen LogP contribution in [-0.4, -0.2) is 30.5 Å². The molecule has 1 atom stereocenters. The van der Waals surface area contributed by atoms with Crippen molar-refractivity contribution in [3.63, 3.8) is 0 Å². The van der Waals surface area contributed by atoms with E-state index in [1.165, 1.54) is 32.4 Å². The summed E-state index contributed by atoms with van der Waals surface area (Å²) in [5.41, 5.74) is 0. The van der Waals surface area contributed by atoms with Crippen molar-refractivity contribution in [1.29, 1.82) is 0 Å². The van der Waals surface area contributed by atoms with Crippen molar-refractivity contribution in [2.24, 2.45) is 5.92 Å². The average molecular weight is 232 g/mol. The molecule has 1 heterocycles. The number of para-hydroxylation sites is 1. The highest BCUT2D eigenvalue weighted by molar-refractivity contribution is 5.54. The zero-order chi connectivity index (χ0) is 11.9. The third-order valence-electron chi connectivity index (χ3n) is 3.11. The van der Waals surface area contributed by atoms with Gasteiger partial charge < -0.3 is 4.74 Å². The fourth-order valence-electron chi connectivity index (χ4n) is 2.21. The van der Waals surface area contributed by atoms with E-state index in [1.807, 2.05) is 30.3 Å². The summed E-state index contributed by atoms with van der Waals surface area (Å²) in [4.78, 5) is 0. The van der Waals surface area contributed by atoms with Crippen molar-refractivity contribution in [2.75, 3.05) is 19.7 Å². The number of hydrogen-bond donors (Lipinski definition) is 0. The van der Waals surface area contributed by atoms with Gasteiger partial charge in [0.1, 0.15) is 25.1 Å². The first-order valence-corrected chi connectivity index (χ1v) is 6.61. The molecule has 0 bridgehead atoms. The summed E-state index contributed by atoms with van der Waals surface area (Å²) in [6.07, 6.45) is 6.40. The maximum Gasteiger partial charge on any atom is 0.145 e. The fourth-order valence-corrected chi connectivity index (χ4v) is 2.21. The Morgan fingerprint density at radius 1 is 1.18 bits per heavy atom. The number of piperidine rings is 1. The molecule has 0 radical (unpaired) electrons. The first-order chi connectivity index (χ1) is 8.34. The van der Waals surface area contributed by atoms with Gasteiger partial charge in [0.2, 0.25) is 0 Å². The van der Waals surface area contributed by atoms with Gasteiger partial charge in [-0.25, -0.2) is 4.58 Å². The maximum atomic E-state index is 5.75. The van der Waals surface area contributed by atoms with Crippen molar-refractivity contribution in [3.8, 4) is 5.75 Å². The summed E-state index contributed by atoms with van der Waals surface area (Å²) in [6, 6.07) is 10.0. The Hall–Kier alpha value is -1.31. The smallest absolute Gasteiger partial charge is 0.145 e. The molecule has 92 valence electrons. The highest BCUT2D eigenvalue weighted by Gasteiger charge is 2.12.